The van der Waals surface area contributed by atoms with Crippen LogP contribution >= 0.6 is 0 Å². The molecule has 0 spiro atoms. The van der Waals surface area contributed by atoms with Crippen molar-refractivity contribution in [2.45, 2.75) is 334 Å². The first-order valence-electron chi connectivity index (χ1n) is 37.7. The SMILES string of the molecule is CC/C=C\C/C=C\C/C=C\C/C=C\C/C=C\C/C=C\C/C=C\C/C=C\CCCCCCC(=O)OC(COC(=O)CCCCCCCCCCCCCCCCCCCCCCCCCCC/C=C\C/C=C\CCCCCCC)COC(OCC[N+](C)(C)C)C(=O)[O-]. The average molecular weight is 1270 g/mol. The van der Waals surface area contributed by atoms with Gasteiger partial charge >= 0.3 is 11.9 Å². The molecule has 0 aromatic heterocycles. The Morgan fingerprint density at radius 1 is 0.341 bits per heavy atom. The van der Waals surface area contributed by atoms with Gasteiger partial charge in [-0.1, -0.05) is 322 Å². The first-order chi connectivity index (χ1) is 44.6. The topological polar surface area (TPSA) is 111 Å². The molecular formula is C82H141NO8. The summed E-state index contributed by atoms with van der Waals surface area (Å²) >= 11 is 0. The Balaban J connectivity index is 4.09. The maximum atomic E-state index is 12.9. The molecule has 0 fully saturated rings. The lowest BCUT2D eigenvalue weighted by Gasteiger charge is -2.26. The molecule has 0 amide bonds. The van der Waals surface area contributed by atoms with Crippen molar-refractivity contribution >= 4 is 17.9 Å². The van der Waals surface area contributed by atoms with Crippen LogP contribution in [0, 0.1) is 0 Å². The molecule has 2 unspecified atom stereocenters. The minimum atomic E-state index is -1.64. The van der Waals surface area contributed by atoms with Gasteiger partial charge < -0.3 is 33.3 Å². The van der Waals surface area contributed by atoms with E-state index in [1.54, 1.807) is 0 Å². The molecule has 2 atom stereocenters. The molecule has 9 heteroatoms. The highest BCUT2D eigenvalue weighted by atomic mass is 16.7. The molecule has 0 saturated carbocycles. The van der Waals surface area contributed by atoms with E-state index in [1.807, 2.05) is 21.1 Å². The van der Waals surface area contributed by atoms with Crippen molar-refractivity contribution in [3.05, 3.63) is 122 Å². The number of nitrogens with zero attached hydrogens (tertiary/aromatic N) is 1. The Labute approximate surface area is 561 Å². The Hall–Kier alpha value is -4.31. The second-order valence-electron chi connectivity index (χ2n) is 26.2. The van der Waals surface area contributed by atoms with Gasteiger partial charge in [0.25, 0.3) is 0 Å². The molecule has 91 heavy (non-hydrogen) atoms. The van der Waals surface area contributed by atoms with E-state index in [0.717, 1.165) is 103 Å². The van der Waals surface area contributed by atoms with Gasteiger partial charge in [-0.05, 0) is 109 Å². The third-order valence-electron chi connectivity index (χ3n) is 16.2. The number of carboxylic acids is 1. The molecule has 0 aliphatic carbocycles. The summed E-state index contributed by atoms with van der Waals surface area (Å²) in [6, 6.07) is 0. The first kappa shape index (κ1) is 86.7. The zero-order valence-electron chi connectivity index (χ0n) is 59.7. The zero-order chi connectivity index (χ0) is 66.1. The van der Waals surface area contributed by atoms with Gasteiger partial charge in [-0.25, -0.2) is 0 Å². The summed E-state index contributed by atoms with van der Waals surface area (Å²) in [5.41, 5.74) is 0. The van der Waals surface area contributed by atoms with E-state index >= 15 is 0 Å². The number of hydrogen-bond acceptors (Lipinski definition) is 8. The van der Waals surface area contributed by atoms with Crippen molar-refractivity contribution in [1.29, 1.82) is 0 Å². The minimum absolute atomic E-state index is 0.138. The summed E-state index contributed by atoms with van der Waals surface area (Å²) in [5, 5.41) is 11.8. The van der Waals surface area contributed by atoms with Crippen LogP contribution in [0.15, 0.2) is 122 Å². The number of carbonyl (C=O) groups is 3. The van der Waals surface area contributed by atoms with E-state index < -0.39 is 24.3 Å². The van der Waals surface area contributed by atoms with Crippen molar-refractivity contribution in [1.82, 2.24) is 0 Å². The van der Waals surface area contributed by atoms with Crippen LogP contribution in [0.1, 0.15) is 322 Å². The minimum Gasteiger partial charge on any atom is -0.545 e. The lowest BCUT2D eigenvalue weighted by Crippen LogP contribution is -2.44. The fraction of sp³-hybridized carbons (Fsp3) is 0.720. The van der Waals surface area contributed by atoms with Gasteiger partial charge in [-0.15, -0.1) is 0 Å². The quantitative estimate of drug-likeness (QED) is 0.0195. The molecule has 522 valence electrons. The van der Waals surface area contributed by atoms with Crippen LogP contribution < -0.4 is 5.11 Å². The van der Waals surface area contributed by atoms with Crippen LogP contribution in [0.4, 0.5) is 0 Å². The third-order valence-corrected chi connectivity index (χ3v) is 16.2. The largest absolute Gasteiger partial charge is 0.545 e. The van der Waals surface area contributed by atoms with E-state index in [4.69, 9.17) is 18.9 Å². The number of esters is 2. The van der Waals surface area contributed by atoms with E-state index in [9.17, 15) is 19.5 Å². The van der Waals surface area contributed by atoms with Gasteiger partial charge in [-0.2, -0.15) is 0 Å². The number of hydrogen-bond donors (Lipinski definition) is 0. The Morgan fingerprint density at radius 3 is 0.934 bits per heavy atom. The molecule has 0 bridgehead atoms. The predicted molar refractivity (Wildman–Crippen MR) is 389 cm³/mol. The number of unbranched alkanes of at least 4 members (excludes halogenated alkanes) is 34. The fourth-order valence-electron chi connectivity index (χ4n) is 10.5. The lowest BCUT2D eigenvalue weighted by atomic mass is 10.0. The van der Waals surface area contributed by atoms with Crippen molar-refractivity contribution in [2.24, 2.45) is 0 Å². The van der Waals surface area contributed by atoms with E-state index in [0.29, 0.717) is 17.4 Å². The molecule has 0 aliphatic rings. The molecule has 0 rings (SSSR count). The highest BCUT2D eigenvalue weighted by Crippen LogP contribution is 2.18. The van der Waals surface area contributed by atoms with Crippen LogP contribution in [-0.2, 0) is 33.3 Å². The van der Waals surface area contributed by atoms with Gasteiger partial charge in [-0.3, -0.25) is 9.59 Å². The van der Waals surface area contributed by atoms with Crippen molar-refractivity contribution < 1.29 is 42.9 Å². The normalized spacial score (nSPS) is 13.4. The number of ether oxygens (including phenoxy) is 4. The predicted octanol–water partition coefficient (Wildman–Crippen LogP) is 22.6. The van der Waals surface area contributed by atoms with Crippen LogP contribution in [0.2, 0.25) is 0 Å². The van der Waals surface area contributed by atoms with Crippen LogP contribution in [-0.4, -0.2) is 82.3 Å². The summed E-state index contributed by atoms with van der Waals surface area (Å²) in [7, 11) is 5.92. The van der Waals surface area contributed by atoms with Gasteiger partial charge in [0.1, 0.15) is 13.2 Å². The molecular weight excluding hydrogens is 1130 g/mol. The van der Waals surface area contributed by atoms with Crippen LogP contribution in [0.25, 0.3) is 0 Å². The Morgan fingerprint density at radius 2 is 0.626 bits per heavy atom. The molecule has 0 heterocycles. The van der Waals surface area contributed by atoms with Crippen LogP contribution in [0.3, 0.4) is 0 Å². The number of allylic oxidation sites excluding steroid dienone is 20. The Bertz CT molecular complexity index is 1910. The molecule has 0 aromatic carbocycles. The number of carboxylic acid groups (broad SMARTS) is 1. The standard InChI is InChI=1S/C82H141NO8/c1-6-8-10-12-14-16-18-20-22-24-26-28-30-32-34-36-37-38-39-40-41-42-43-45-46-48-50-52-54-56-58-60-62-64-66-68-70-72-79(84)89-76-78(77-90-82(81(86)87)88-75-74-83(3,4)5)91-80(85)73-71-69-67-65-63-61-59-57-55-53-51-49-47-44-35-33-31-29-27-25-23-21-19-17-15-13-11-9-7-2/h9,11,15,17-18,20-21,23-24,26-27,29,33,35,47,49,53,55,59,61,78,82H,6-8,10,12-14,16,19,22,25,28,30-32,34,36-46,48,50-52,54,56-58,60,62-77H2,1-5H3/b11-9-,17-15-,20-18-,23-21-,26-24-,29-27-,35-33-,49-47-,55-53-,61-59-. The average Bonchev–Trinajstić information content (AvgIpc) is 3.66. The zero-order valence-corrected chi connectivity index (χ0v) is 59.7. The molecule has 0 saturated heterocycles. The highest BCUT2D eigenvalue weighted by Gasteiger charge is 2.22. The fourth-order valence-corrected chi connectivity index (χ4v) is 10.5. The molecule has 9 nitrogen and oxygen atoms in total. The van der Waals surface area contributed by atoms with Crippen LogP contribution in [0.5, 0.6) is 0 Å². The number of rotatable bonds is 69. The summed E-state index contributed by atoms with van der Waals surface area (Å²) in [4.78, 5) is 37.5. The third kappa shape index (κ3) is 73.0. The van der Waals surface area contributed by atoms with Gasteiger partial charge in [0.15, 0.2) is 12.4 Å². The van der Waals surface area contributed by atoms with Crippen molar-refractivity contribution in [3.8, 4) is 0 Å². The maximum Gasteiger partial charge on any atom is 0.306 e. The van der Waals surface area contributed by atoms with E-state index in [2.05, 4.69) is 135 Å². The summed E-state index contributed by atoms with van der Waals surface area (Å²) < 4.78 is 22.8. The van der Waals surface area contributed by atoms with Gasteiger partial charge in [0, 0.05) is 12.8 Å². The number of quaternary nitrogens is 1. The number of carbonyl (C=O) groups excluding carboxylic acids is 3. The maximum absolute atomic E-state index is 12.9. The Kier molecular flexibility index (Phi) is 68.1. The smallest absolute Gasteiger partial charge is 0.306 e. The monoisotopic (exact) mass is 1270 g/mol. The second-order valence-corrected chi connectivity index (χ2v) is 26.2. The highest BCUT2D eigenvalue weighted by molar-refractivity contribution is 5.70. The number of likely N-dealkylation sites (N-methyl/N-ethyl adjacent to an activating group) is 1. The summed E-state index contributed by atoms with van der Waals surface area (Å²) in [6.07, 6.45) is 98.8. The summed E-state index contributed by atoms with van der Waals surface area (Å²) in [5.74, 6) is -2.31. The first-order valence-corrected chi connectivity index (χ1v) is 37.7. The molecule has 0 radical (unpaired) electrons. The molecule has 0 aromatic rings. The van der Waals surface area contributed by atoms with Gasteiger partial charge in [0.05, 0.1) is 40.3 Å². The number of aliphatic carboxylic acids is 1. The molecule has 0 N–H and O–H groups in total. The second kappa shape index (κ2) is 71.5. The van der Waals surface area contributed by atoms with E-state index in [-0.39, 0.29) is 38.6 Å². The lowest BCUT2D eigenvalue weighted by molar-refractivity contribution is -0.870. The van der Waals surface area contributed by atoms with E-state index in [1.165, 1.54) is 186 Å². The van der Waals surface area contributed by atoms with Crippen molar-refractivity contribution in [2.75, 3.05) is 47.5 Å². The van der Waals surface area contributed by atoms with Crippen molar-refractivity contribution in [3.63, 3.8) is 0 Å². The molecule has 0 aliphatic heterocycles. The summed E-state index contributed by atoms with van der Waals surface area (Å²) in [6.45, 7) is 4.61. The van der Waals surface area contributed by atoms with Gasteiger partial charge in [0.2, 0.25) is 0 Å².